The summed E-state index contributed by atoms with van der Waals surface area (Å²) in [5.41, 5.74) is 4.03. The van der Waals surface area contributed by atoms with Crippen molar-refractivity contribution in [3.63, 3.8) is 0 Å². The van der Waals surface area contributed by atoms with Gasteiger partial charge in [0, 0.05) is 17.1 Å². The Labute approximate surface area is 124 Å². The molecule has 0 radical (unpaired) electrons. The zero-order chi connectivity index (χ0) is 14.8. The third kappa shape index (κ3) is 2.82. The maximum atomic E-state index is 9.60. The molecule has 1 unspecified atom stereocenters. The zero-order valence-corrected chi connectivity index (χ0v) is 12.2. The van der Waals surface area contributed by atoms with E-state index in [1.165, 1.54) is 0 Å². The molecule has 0 aliphatic rings. The summed E-state index contributed by atoms with van der Waals surface area (Å²) in [7, 11) is 0. The molecule has 0 spiro atoms. The summed E-state index contributed by atoms with van der Waals surface area (Å²) in [6.45, 7) is 4.07. The Bertz CT molecular complexity index is 783. The highest BCUT2D eigenvalue weighted by Crippen LogP contribution is 2.27. The molecule has 3 nitrogen and oxygen atoms in total. The van der Waals surface area contributed by atoms with Crippen molar-refractivity contribution in [2.75, 3.05) is 5.32 Å². The molecule has 21 heavy (non-hydrogen) atoms. The quantitative estimate of drug-likeness (QED) is 0.745. The highest BCUT2D eigenvalue weighted by Gasteiger charge is 2.09. The van der Waals surface area contributed by atoms with Crippen LogP contribution >= 0.6 is 0 Å². The predicted octanol–water partition coefficient (Wildman–Crippen LogP) is 4.42. The second kappa shape index (κ2) is 5.44. The average Bonchev–Trinajstić information content (AvgIpc) is 2.48. The van der Waals surface area contributed by atoms with Crippen LogP contribution in [0.1, 0.15) is 24.2 Å². The van der Waals surface area contributed by atoms with Gasteiger partial charge in [-0.15, -0.1) is 0 Å². The third-order valence-corrected chi connectivity index (χ3v) is 3.60. The van der Waals surface area contributed by atoms with Gasteiger partial charge >= 0.3 is 0 Å². The predicted molar refractivity (Wildman–Crippen MR) is 86.6 cm³/mol. The van der Waals surface area contributed by atoms with Crippen molar-refractivity contribution in [1.82, 2.24) is 4.98 Å². The number of aromatic nitrogens is 1. The van der Waals surface area contributed by atoms with Crippen molar-refractivity contribution in [1.29, 1.82) is 0 Å². The van der Waals surface area contributed by atoms with Crippen LogP contribution in [0.4, 0.5) is 5.69 Å². The van der Waals surface area contributed by atoms with Crippen LogP contribution in [-0.4, -0.2) is 10.1 Å². The second-order valence-corrected chi connectivity index (χ2v) is 5.29. The Morgan fingerprint density at radius 2 is 1.86 bits per heavy atom. The maximum Gasteiger partial charge on any atom is 0.115 e. The molecule has 0 saturated carbocycles. The first-order valence-electron chi connectivity index (χ1n) is 7.05. The molecule has 3 aromatic rings. The van der Waals surface area contributed by atoms with E-state index in [0.29, 0.717) is 0 Å². The SMILES string of the molecule is Cc1ccc2cccc(NC(C)c3cccc(O)c3)c2n1. The van der Waals surface area contributed by atoms with Crippen molar-refractivity contribution in [2.24, 2.45) is 0 Å². The lowest BCUT2D eigenvalue weighted by atomic mass is 10.1. The summed E-state index contributed by atoms with van der Waals surface area (Å²) in [5.74, 6) is 0.285. The average molecular weight is 278 g/mol. The number of aromatic hydroxyl groups is 1. The number of pyridine rings is 1. The number of phenolic OH excluding ortho intramolecular Hbond substituents is 1. The van der Waals surface area contributed by atoms with E-state index in [1.54, 1.807) is 12.1 Å². The van der Waals surface area contributed by atoms with Gasteiger partial charge in [0.2, 0.25) is 0 Å². The van der Waals surface area contributed by atoms with Gasteiger partial charge in [0.15, 0.2) is 0 Å². The van der Waals surface area contributed by atoms with Crippen molar-refractivity contribution >= 4 is 16.6 Å². The van der Waals surface area contributed by atoms with E-state index in [0.717, 1.165) is 27.8 Å². The van der Waals surface area contributed by atoms with E-state index in [4.69, 9.17) is 0 Å². The fourth-order valence-corrected chi connectivity index (χ4v) is 2.47. The number of nitrogens with one attached hydrogen (secondary N) is 1. The molecular weight excluding hydrogens is 260 g/mol. The topological polar surface area (TPSA) is 45.1 Å². The summed E-state index contributed by atoms with van der Waals surface area (Å²) in [5, 5.41) is 14.2. The van der Waals surface area contributed by atoms with Gasteiger partial charge in [0.1, 0.15) is 5.75 Å². The van der Waals surface area contributed by atoms with Crippen LogP contribution in [0.15, 0.2) is 54.6 Å². The Morgan fingerprint density at radius 1 is 1.05 bits per heavy atom. The second-order valence-electron chi connectivity index (χ2n) is 5.29. The summed E-state index contributed by atoms with van der Waals surface area (Å²) in [6, 6.07) is 17.6. The standard InChI is InChI=1S/C18H18N2O/c1-12-9-10-14-5-4-8-17(18(14)19-12)20-13(2)15-6-3-7-16(21)11-15/h3-11,13,20-21H,1-2H3. The molecule has 3 rings (SSSR count). The minimum absolute atomic E-state index is 0.0880. The fourth-order valence-electron chi connectivity index (χ4n) is 2.47. The van der Waals surface area contributed by atoms with Crippen LogP contribution in [0, 0.1) is 6.92 Å². The molecular formula is C18H18N2O. The van der Waals surface area contributed by atoms with Gasteiger partial charge in [0.05, 0.1) is 11.2 Å². The number of phenols is 1. The Kier molecular flexibility index (Phi) is 3.48. The van der Waals surface area contributed by atoms with Crippen molar-refractivity contribution < 1.29 is 5.11 Å². The Morgan fingerprint density at radius 3 is 2.67 bits per heavy atom. The first kappa shape index (κ1) is 13.4. The van der Waals surface area contributed by atoms with Crippen LogP contribution in [0.3, 0.4) is 0 Å². The van der Waals surface area contributed by atoms with Crippen LogP contribution in [0.25, 0.3) is 10.9 Å². The molecule has 106 valence electrons. The number of rotatable bonds is 3. The summed E-state index contributed by atoms with van der Waals surface area (Å²) < 4.78 is 0. The summed E-state index contributed by atoms with van der Waals surface area (Å²) in [6.07, 6.45) is 0. The van der Waals surface area contributed by atoms with E-state index in [1.807, 2.05) is 37.3 Å². The first-order chi connectivity index (χ1) is 10.1. The third-order valence-electron chi connectivity index (χ3n) is 3.60. The molecule has 3 heteroatoms. The van der Waals surface area contributed by atoms with E-state index in [9.17, 15) is 5.11 Å². The highest BCUT2D eigenvalue weighted by molar-refractivity contribution is 5.90. The Hall–Kier alpha value is -2.55. The lowest BCUT2D eigenvalue weighted by Crippen LogP contribution is -2.07. The normalized spacial score (nSPS) is 12.3. The molecule has 0 fully saturated rings. The highest BCUT2D eigenvalue weighted by atomic mass is 16.3. The number of hydrogen-bond donors (Lipinski definition) is 2. The largest absolute Gasteiger partial charge is 0.508 e. The van der Waals surface area contributed by atoms with Gasteiger partial charge in [-0.25, -0.2) is 0 Å². The molecule has 0 bridgehead atoms. The molecule has 2 aromatic carbocycles. The monoisotopic (exact) mass is 278 g/mol. The van der Waals surface area contributed by atoms with Gasteiger partial charge in [-0.3, -0.25) is 4.98 Å². The molecule has 0 amide bonds. The number of anilines is 1. The van der Waals surface area contributed by atoms with Gasteiger partial charge in [-0.1, -0.05) is 30.3 Å². The van der Waals surface area contributed by atoms with Crippen molar-refractivity contribution in [3.05, 3.63) is 65.9 Å². The molecule has 0 aliphatic carbocycles. The lowest BCUT2D eigenvalue weighted by Gasteiger charge is -2.17. The van der Waals surface area contributed by atoms with Crippen LogP contribution in [-0.2, 0) is 0 Å². The number of hydrogen-bond acceptors (Lipinski definition) is 3. The van der Waals surface area contributed by atoms with Crippen LogP contribution in [0.5, 0.6) is 5.75 Å². The number of aryl methyl sites for hydroxylation is 1. The Balaban J connectivity index is 1.96. The number of benzene rings is 2. The number of fused-ring (bicyclic) bond motifs is 1. The molecule has 0 aliphatic heterocycles. The minimum atomic E-state index is 0.0880. The van der Waals surface area contributed by atoms with E-state index >= 15 is 0 Å². The van der Waals surface area contributed by atoms with E-state index in [-0.39, 0.29) is 11.8 Å². The molecule has 0 saturated heterocycles. The van der Waals surface area contributed by atoms with Gasteiger partial charge in [-0.2, -0.15) is 0 Å². The lowest BCUT2D eigenvalue weighted by molar-refractivity contribution is 0.474. The molecule has 1 heterocycles. The first-order valence-corrected chi connectivity index (χ1v) is 7.05. The summed E-state index contributed by atoms with van der Waals surface area (Å²) >= 11 is 0. The summed E-state index contributed by atoms with van der Waals surface area (Å²) in [4.78, 5) is 4.63. The van der Waals surface area contributed by atoms with E-state index < -0.39 is 0 Å². The van der Waals surface area contributed by atoms with Crippen molar-refractivity contribution in [2.45, 2.75) is 19.9 Å². The molecule has 1 atom stereocenters. The van der Waals surface area contributed by atoms with Crippen molar-refractivity contribution in [3.8, 4) is 5.75 Å². The molecule has 2 N–H and O–H groups in total. The van der Waals surface area contributed by atoms with Crippen LogP contribution in [0.2, 0.25) is 0 Å². The van der Waals surface area contributed by atoms with Crippen LogP contribution < -0.4 is 5.32 Å². The smallest absolute Gasteiger partial charge is 0.115 e. The van der Waals surface area contributed by atoms with Gasteiger partial charge < -0.3 is 10.4 Å². The van der Waals surface area contributed by atoms with Gasteiger partial charge in [-0.05, 0) is 43.7 Å². The zero-order valence-electron chi connectivity index (χ0n) is 12.2. The maximum absolute atomic E-state index is 9.60. The number of nitrogens with zero attached hydrogens (tertiary/aromatic N) is 1. The minimum Gasteiger partial charge on any atom is -0.508 e. The van der Waals surface area contributed by atoms with E-state index in [2.05, 4.69) is 29.4 Å². The fraction of sp³-hybridized carbons (Fsp3) is 0.167. The number of para-hydroxylation sites is 1. The molecule has 1 aromatic heterocycles. The van der Waals surface area contributed by atoms with Gasteiger partial charge in [0.25, 0.3) is 0 Å².